The van der Waals surface area contributed by atoms with Gasteiger partial charge in [0.05, 0.1) is 13.2 Å². The summed E-state index contributed by atoms with van der Waals surface area (Å²) in [7, 11) is 0. The summed E-state index contributed by atoms with van der Waals surface area (Å²) in [4.78, 5) is 0. The fraction of sp³-hybridized carbons (Fsp3) is 0.294. The van der Waals surface area contributed by atoms with Gasteiger partial charge in [-0.2, -0.15) is 0 Å². The van der Waals surface area contributed by atoms with Crippen LogP contribution in [0.2, 0.25) is 0 Å². The minimum atomic E-state index is -2.64. The number of aliphatic hydroxyl groups is 3. The number of aliphatic hydroxyl groups excluding tert-OH is 2. The molecular weight excluding hydrogens is 507 g/mol. The maximum Gasteiger partial charge on any atom is 0.246 e. The molecule has 0 spiro atoms. The molecule has 0 saturated carbocycles. The van der Waals surface area contributed by atoms with Crippen LogP contribution in [0, 0.1) is 0 Å². The molecule has 40 heavy (non-hydrogen) atoms. The second-order valence-corrected chi connectivity index (χ2v) is 10.5. The summed E-state index contributed by atoms with van der Waals surface area (Å²) >= 11 is 0. The summed E-state index contributed by atoms with van der Waals surface area (Å²) < 4.78 is 30.7. The Balaban J connectivity index is 1.72. The quantitative estimate of drug-likeness (QED) is 0.268. The standard InChI is InChI=1S/C34H35FO5/c35-34(23-28-17-9-3-10-18-28)33(22-27-15-7-2-8-16-27,39-25-29-19-11-4-12-20-29)32(38,31(37)30(24-36)40-34)21-26-13-5-1-6-14-26/h1-20,30-31,36-38H,21-25H2/t30-,31-,32+,33-,34?/m1/s1. The molecule has 1 aliphatic heterocycles. The summed E-state index contributed by atoms with van der Waals surface area (Å²) in [5, 5.41) is 34.7. The minimum absolute atomic E-state index is 0.0366. The Labute approximate surface area is 234 Å². The summed E-state index contributed by atoms with van der Waals surface area (Å²) in [5.41, 5.74) is -1.50. The zero-order valence-electron chi connectivity index (χ0n) is 22.3. The molecule has 5 atom stereocenters. The van der Waals surface area contributed by atoms with Gasteiger partial charge in [-0.25, -0.2) is 4.39 Å². The maximum absolute atomic E-state index is 18.0. The predicted molar refractivity (Wildman–Crippen MR) is 151 cm³/mol. The van der Waals surface area contributed by atoms with Gasteiger partial charge in [-0.05, 0) is 22.3 Å². The highest BCUT2D eigenvalue weighted by Crippen LogP contribution is 2.53. The van der Waals surface area contributed by atoms with Gasteiger partial charge in [0.25, 0.3) is 0 Å². The van der Waals surface area contributed by atoms with E-state index in [2.05, 4.69) is 0 Å². The zero-order chi connectivity index (χ0) is 28.1. The Morgan fingerprint density at radius 1 is 0.650 bits per heavy atom. The van der Waals surface area contributed by atoms with E-state index in [0.29, 0.717) is 16.7 Å². The normalized spacial score (nSPS) is 28.3. The van der Waals surface area contributed by atoms with Crippen molar-refractivity contribution in [2.45, 2.75) is 55.1 Å². The molecule has 1 heterocycles. The molecule has 208 valence electrons. The Bertz CT molecular complexity index is 1340. The van der Waals surface area contributed by atoms with Crippen molar-refractivity contribution in [1.82, 2.24) is 0 Å². The number of rotatable bonds is 10. The number of ether oxygens (including phenoxy) is 2. The molecule has 0 radical (unpaired) electrons. The van der Waals surface area contributed by atoms with Crippen LogP contribution in [-0.2, 0) is 35.3 Å². The Kier molecular flexibility index (Phi) is 8.45. The molecule has 5 nitrogen and oxygen atoms in total. The number of hydrogen-bond acceptors (Lipinski definition) is 5. The van der Waals surface area contributed by atoms with Crippen molar-refractivity contribution >= 4 is 0 Å². The Morgan fingerprint density at radius 3 is 1.55 bits per heavy atom. The lowest BCUT2D eigenvalue weighted by Gasteiger charge is -2.60. The number of hydrogen-bond donors (Lipinski definition) is 3. The van der Waals surface area contributed by atoms with Gasteiger partial charge in [-0.15, -0.1) is 0 Å². The van der Waals surface area contributed by atoms with E-state index >= 15 is 4.39 Å². The van der Waals surface area contributed by atoms with Gasteiger partial charge in [0.15, 0.2) is 5.60 Å². The van der Waals surface area contributed by atoms with Gasteiger partial charge in [-0.1, -0.05) is 121 Å². The first-order valence-corrected chi connectivity index (χ1v) is 13.6. The lowest BCUT2D eigenvalue weighted by Crippen LogP contribution is -2.80. The Morgan fingerprint density at radius 2 is 1.07 bits per heavy atom. The fourth-order valence-electron chi connectivity index (χ4n) is 5.84. The largest absolute Gasteiger partial charge is 0.394 e. The molecule has 0 bridgehead atoms. The van der Waals surface area contributed by atoms with E-state index in [4.69, 9.17) is 9.47 Å². The van der Waals surface area contributed by atoms with E-state index in [1.165, 1.54) is 0 Å². The molecule has 0 amide bonds. The van der Waals surface area contributed by atoms with E-state index < -0.39 is 35.9 Å². The number of alkyl halides is 1. The molecule has 4 aromatic rings. The van der Waals surface area contributed by atoms with Crippen LogP contribution in [0.4, 0.5) is 4.39 Å². The molecule has 6 heteroatoms. The molecule has 0 aliphatic carbocycles. The first-order chi connectivity index (χ1) is 19.4. The van der Waals surface area contributed by atoms with Gasteiger partial charge in [0, 0.05) is 19.3 Å². The molecule has 1 fully saturated rings. The van der Waals surface area contributed by atoms with Gasteiger partial charge in [0.2, 0.25) is 5.85 Å². The summed E-state index contributed by atoms with van der Waals surface area (Å²) in [6, 6.07) is 36.7. The molecular formula is C34H35FO5. The van der Waals surface area contributed by atoms with Crippen LogP contribution in [-0.4, -0.2) is 51.2 Å². The van der Waals surface area contributed by atoms with Crippen LogP contribution < -0.4 is 0 Å². The highest BCUT2D eigenvalue weighted by atomic mass is 19.2. The van der Waals surface area contributed by atoms with Crippen LogP contribution in [0.15, 0.2) is 121 Å². The SMILES string of the molecule is OC[C@H]1OC(F)(Cc2ccccc2)[C@](Cc2ccccc2)(OCc2ccccc2)[C@](O)(Cc2ccccc2)[C@@H]1O. The van der Waals surface area contributed by atoms with Crippen molar-refractivity contribution in [3.8, 4) is 0 Å². The van der Waals surface area contributed by atoms with Crippen LogP contribution >= 0.6 is 0 Å². The van der Waals surface area contributed by atoms with Crippen LogP contribution in [0.25, 0.3) is 0 Å². The predicted octanol–water partition coefficient (Wildman–Crippen LogP) is 4.82. The first kappa shape index (κ1) is 28.1. The van der Waals surface area contributed by atoms with Crippen LogP contribution in [0.3, 0.4) is 0 Å². The van der Waals surface area contributed by atoms with Crippen molar-refractivity contribution in [3.05, 3.63) is 144 Å². The first-order valence-electron chi connectivity index (χ1n) is 13.6. The van der Waals surface area contributed by atoms with Crippen LogP contribution in [0.1, 0.15) is 22.3 Å². The van der Waals surface area contributed by atoms with Crippen molar-refractivity contribution in [1.29, 1.82) is 0 Å². The van der Waals surface area contributed by atoms with Crippen molar-refractivity contribution < 1.29 is 29.2 Å². The average molecular weight is 543 g/mol. The molecule has 3 N–H and O–H groups in total. The third-order valence-corrected chi connectivity index (χ3v) is 7.88. The van der Waals surface area contributed by atoms with E-state index in [1.54, 1.807) is 24.3 Å². The molecule has 1 unspecified atom stereocenters. The molecule has 1 saturated heterocycles. The van der Waals surface area contributed by atoms with E-state index in [0.717, 1.165) is 5.56 Å². The van der Waals surface area contributed by atoms with E-state index in [-0.39, 0.29) is 25.9 Å². The smallest absolute Gasteiger partial charge is 0.246 e. The second kappa shape index (κ2) is 12.0. The topological polar surface area (TPSA) is 79.2 Å². The monoisotopic (exact) mass is 542 g/mol. The minimum Gasteiger partial charge on any atom is -0.394 e. The highest BCUT2D eigenvalue weighted by molar-refractivity contribution is 5.32. The summed E-state index contributed by atoms with van der Waals surface area (Å²) in [6.45, 7) is -0.718. The molecule has 0 aromatic heterocycles. The van der Waals surface area contributed by atoms with E-state index in [9.17, 15) is 15.3 Å². The summed E-state index contributed by atoms with van der Waals surface area (Å²) in [5.74, 6) is -2.64. The van der Waals surface area contributed by atoms with Gasteiger partial charge in [-0.3, -0.25) is 0 Å². The molecule has 1 aliphatic rings. The molecule has 4 aromatic carbocycles. The number of benzene rings is 4. The van der Waals surface area contributed by atoms with Crippen molar-refractivity contribution in [3.63, 3.8) is 0 Å². The van der Waals surface area contributed by atoms with Gasteiger partial charge >= 0.3 is 0 Å². The van der Waals surface area contributed by atoms with E-state index in [1.807, 2.05) is 97.1 Å². The average Bonchev–Trinajstić information content (AvgIpc) is 2.99. The fourth-order valence-corrected chi connectivity index (χ4v) is 5.84. The third-order valence-electron chi connectivity index (χ3n) is 7.88. The Hall–Kier alpha value is -3.39. The van der Waals surface area contributed by atoms with Crippen molar-refractivity contribution in [2.75, 3.05) is 6.61 Å². The lowest BCUT2D eigenvalue weighted by atomic mass is 9.63. The van der Waals surface area contributed by atoms with Gasteiger partial charge in [0.1, 0.15) is 17.8 Å². The maximum atomic E-state index is 18.0. The number of halogens is 1. The van der Waals surface area contributed by atoms with Gasteiger partial charge < -0.3 is 24.8 Å². The summed E-state index contributed by atoms with van der Waals surface area (Å²) in [6.07, 6.45) is -3.53. The third kappa shape index (κ3) is 5.46. The second-order valence-electron chi connectivity index (χ2n) is 10.5. The zero-order valence-corrected chi connectivity index (χ0v) is 22.3. The molecule has 5 rings (SSSR count). The highest BCUT2D eigenvalue weighted by Gasteiger charge is 2.73. The van der Waals surface area contributed by atoms with Crippen LogP contribution in [0.5, 0.6) is 0 Å². The lowest BCUT2D eigenvalue weighted by molar-refractivity contribution is -0.405. The van der Waals surface area contributed by atoms with Crippen molar-refractivity contribution in [2.24, 2.45) is 0 Å².